The fourth-order valence-corrected chi connectivity index (χ4v) is 1.52. The van der Waals surface area contributed by atoms with Crippen molar-refractivity contribution in [1.29, 1.82) is 0 Å². The van der Waals surface area contributed by atoms with Crippen LogP contribution in [0.1, 0.15) is 16.8 Å². The molecule has 0 aromatic heterocycles. The third-order valence-electron chi connectivity index (χ3n) is 2.24. The molecule has 0 aliphatic rings. The Balaban J connectivity index is 2.88. The number of benzene rings is 1. The second kappa shape index (κ2) is 6.89. The van der Waals surface area contributed by atoms with E-state index in [1.165, 1.54) is 12.1 Å². The molecule has 0 aliphatic carbocycles. The van der Waals surface area contributed by atoms with E-state index in [-0.39, 0.29) is 17.9 Å². The normalized spacial score (nSPS) is 11.1. The van der Waals surface area contributed by atoms with Gasteiger partial charge < -0.3 is 9.75 Å². The second-order valence-corrected chi connectivity index (χ2v) is 4.43. The van der Waals surface area contributed by atoms with Crippen LogP contribution in [0.15, 0.2) is 29.4 Å². The van der Waals surface area contributed by atoms with Gasteiger partial charge in [-0.15, -0.1) is 0 Å². The number of rotatable bonds is 5. The summed E-state index contributed by atoms with van der Waals surface area (Å²) in [5.41, 5.74) is 0.534. The first-order chi connectivity index (χ1) is 8.93. The summed E-state index contributed by atoms with van der Waals surface area (Å²) in [5, 5.41) is 5.95. The number of hydrazone groups is 1. The molecule has 0 unspecified atom stereocenters. The van der Waals surface area contributed by atoms with E-state index in [1.807, 2.05) is 0 Å². The van der Waals surface area contributed by atoms with Crippen LogP contribution in [0.5, 0.6) is 0 Å². The van der Waals surface area contributed by atoms with E-state index < -0.39 is 5.97 Å². The SMILES string of the molecule is COC(=O)/C(CC(=O)c1ccc(Cl)cc1)=N/N(C)C. The highest BCUT2D eigenvalue weighted by Crippen LogP contribution is 2.11. The summed E-state index contributed by atoms with van der Waals surface area (Å²) in [5.74, 6) is -0.835. The Kier molecular flexibility index (Phi) is 5.51. The van der Waals surface area contributed by atoms with E-state index >= 15 is 0 Å². The number of ketones is 1. The maximum atomic E-state index is 12.0. The molecule has 1 rings (SSSR count). The summed E-state index contributed by atoms with van der Waals surface area (Å²) < 4.78 is 4.60. The van der Waals surface area contributed by atoms with Crippen molar-refractivity contribution >= 4 is 29.1 Å². The molecule has 0 radical (unpaired) electrons. The van der Waals surface area contributed by atoms with Crippen LogP contribution >= 0.6 is 11.6 Å². The maximum absolute atomic E-state index is 12.0. The minimum absolute atomic E-state index is 0.0625. The van der Waals surface area contributed by atoms with Crippen LogP contribution in [0.2, 0.25) is 5.02 Å². The lowest BCUT2D eigenvalue weighted by molar-refractivity contribution is -0.132. The number of Topliss-reactive ketones (excluding diaryl/α,β-unsaturated/α-hetero) is 1. The minimum Gasteiger partial charge on any atom is -0.464 e. The zero-order chi connectivity index (χ0) is 14.4. The van der Waals surface area contributed by atoms with E-state index in [2.05, 4.69) is 9.84 Å². The number of carbonyl (C=O) groups excluding carboxylic acids is 2. The molecule has 0 saturated carbocycles. The Morgan fingerprint density at radius 3 is 2.32 bits per heavy atom. The largest absolute Gasteiger partial charge is 0.464 e. The van der Waals surface area contributed by atoms with Gasteiger partial charge in [-0.1, -0.05) is 11.6 Å². The van der Waals surface area contributed by atoms with Gasteiger partial charge in [-0.05, 0) is 24.3 Å². The number of halogens is 1. The first-order valence-corrected chi connectivity index (χ1v) is 5.93. The fourth-order valence-electron chi connectivity index (χ4n) is 1.40. The van der Waals surface area contributed by atoms with Crippen LogP contribution in [-0.4, -0.2) is 43.7 Å². The van der Waals surface area contributed by atoms with Crippen LogP contribution in [0.25, 0.3) is 0 Å². The fraction of sp³-hybridized carbons (Fsp3) is 0.308. The number of carbonyl (C=O) groups is 2. The lowest BCUT2D eigenvalue weighted by atomic mass is 10.1. The lowest BCUT2D eigenvalue weighted by Gasteiger charge is -2.09. The molecular formula is C13H15ClN2O3. The Labute approximate surface area is 116 Å². The summed E-state index contributed by atoms with van der Waals surface area (Å²) in [6.45, 7) is 0. The summed E-state index contributed by atoms with van der Waals surface area (Å²) in [6, 6.07) is 6.45. The number of nitrogens with zero attached hydrogens (tertiary/aromatic N) is 2. The Bertz CT molecular complexity index is 495. The van der Waals surface area contributed by atoms with E-state index in [1.54, 1.807) is 38.4 Å². The van der Waals surface area contributed by atoms with Crippen molar-refractivity contribution in [3.63, 3.8) is 0 Å². The predicted molar refractivity (Wildman–Crippen MR) is 73.5 cm³/mol. The molecule has 0 heterocycles. The molecule has 1 aromatic carbocycles. The van der Waals surface area contributed by atoms with Crippen molar-refractivity contribution < 1.29 is 14.3 Å². The molecule has 0 aliphatic heterocycles. The summed E-state index contributed by atoms with van der Waals surface area (Å²) in [4.78, 5) is 23.5. The van der Waals surface area contributed by atoms with Gasteiger partial charge in [0.15, 0.2) is 11.5 Å². The molecular weight excluding hydrogens is 268 g/mol. The quantitative estimate of drug-likeness (QED) is 0.359. The number of ether oxygens (including phenoxy) is 1. The van der Waals surface area contributed by atoms with Crippen LogP contribution < -0.4 is 0 Å². The Morgan fingerprint density at radius 2 is 1.84 bits per heavy atom. The molecule has 0 bridgehead atoms. The van der Waals surface area contributed by atoms with Crippen LogP contribution in [0.4, 0.5) is 0 Å². The average Bonchev–Trinajstić information content (AvgIpc) is 2.37. The molecule has 0 spiro atoms. The molecule has 0 N–H and O–H groups in total. The molecule has 1 aromatic rings. The maximum Gasteiger partial charge on any atom is 0.354 e. The monoisotopic (exact) mass is 282 g/mol. The molecule has 0 atom stereocenters. The zero-order valence-corrected chi connectivity index (χ0v) is 11.8. The molecule has 5 nitrogen and oxygen atoms in total. The van der Waals surface area contributed by atoms with Crippen molar-refractivity contribution in [3.8, 4) is 0 Å². The van der Waals surface area contributed by atoms with E-state index in [4.69, 9.17) is 11.6 Å². The van der Waals surface area contributed by atoms with Crippen molar-refractivity contribution in [1.82, 2.24) is 5.01 Å². The smallest absolute Gasteiger partial charge is 0.354 e. The Morgan fingerprint density at radius 1 is 1.26 bits per heavy atom. The number of esters is 1. The van der Waals surface area contributed by atoms with Gasteiger partial charge in [-0.2, -0.15) is 5.10 Å². The highest BCUT2D eigenvalue weighted by Gasteiger charge is 2.18. The van der Waals surface area contributed by atoms with Crippen LogP contribution in [0.3, 0.4) is 0 Å². The predicted octanol–water partition coefficient (Wildman–Crippen LogP) is 2.00. The van der Waals surface area contributed by atoms with Crippen molar-refractivity contribution in [2.75, 3.05) is 21.2 Å². The second-order valence-electron chi connectivity index (χ2n) is 3.99. The number of methoxy groups -OCH3 is 1. The first kappa shape index (κ1) is 15.2. The molecule has 0 saturated heterocycles. The van der Waals surface area contributed by atoms with E-state index in [0.29, 0.717) is 10.6 Å². The van der Waals surface area contributed by atoms with Crippen LogP contribution in [0, 0.1) is 0 Å². The van der Waals surface area contributed by atoms with Gasteiger partial charge in [0.1, 0.15) is 0 Å². The summed E-state index contributed by atoms with van der Waals surface area (Å²) in [6.07, 6.45) is -0.119. The average molecular weight is 283 g/mol. The van der Waals surface area contributed by atoms with Crippen molar-refractivity contribution in [3.05, 3.63) is 34.9 Å². The van der Waals surface area contributed by atoms with Gasteiger partial charge >= 0.3 is 5.97 Å². The number of hydrogen-bond acceptors (Lipinski definition) is 5. The molecule has 0 fully saturated rings. The summed E-state index contributed by atoms with van der Waals surface area (Å²) >= 11 is 5.75. The molecule has 0 amide bonds. The zero-order valence-electron chi connectivity index (χ0n) is 11.0. The van der Waals surface area contributed by atoms with Gasteiger partial charge in [0.05, 0.1) is 13.5 Å². The van der Waals surface area contributed by atoms with E-state index in [0.717, 1.165) is 0 Å². The minimum atomic E-state index is -0.615. The molecule has 19 heavy (non-hydrogen) atoms. The highest BCUT2D eigenvalue weighted by molar-refractivity contribution is 6.40. The third-order valence-corrected chi connectivity index (χ3v) is 2.49. The third kappa shape index (κ3) is 4.71. The van der Waals surface area contributed by atoms with Gasteiger partial charge in [-0.3, -0.25) is 4.79 Å². The van der Waals surface area contributed by atoms with Crippen molar-refractivity contribution in [2.45, 2.75) is 6.42 Å². The Hall–Kier alpha value is -1.88. The van der Waals surface area contributed by atoms with Gasteiger partial charge in [0, 0.05) is 24.7 Å². The van der Waals surface area contributed by atoms with Crippen molar-refractivity contribution in [2.24, 2.45) is 5.10 Å². The topological polar surface area (TPSA) is 59.0 Å². The first-order valence-electron chi connectivity index (χ1n) is 5.56. The van der Waals surface area contributed by atoms with Gasteiger partial charge in [0.2, 0.25) is 0 Å². The molecule has 102 valence electrons. The lowest BCUT2D eigenvalue weighted by Crippen LogP contribution is -2.23. The van der Waals surface area contributed by atoms with Crippen LogP contribution in [-0.2, 0) is 9.53 Å². The molecule has 6 heteroatoms. The van der Waals surface area contributed by atoms with Gasteiger partial charge in [0.25, 0.3) is 0 Å². The number of hydrogen-bond donors (Lipinski definition) is 0. The highest BCUT2D eigenvalue weighted by atomic mass is 35.5. The van der Waals surface area contributed by atoms with Gasteiger partial charge in [-0.25, -0.2) is 4.79 Å². The van der Waals surface area contributed by atoms with E-state index in [9.17, 15) is 9.59 Å². The summed E-state index contributed by atoms with van der Waals surface area (Å²) in [7, 11) is 4.58. The standard InChI is InChI=1S/C13H15ClN2O3/c1-16(2)15-11(13(18)19-3)8-12(17)9-4-6-10(14)7-5-9/h4-7H,8H2,1-3H3/b15-11+.